The van der Waals surface area contributed by atoms with Gasteiger partial charge in [-0.15, -0.1) is 0 Å². The topological polar surface area (TPSA) is 30.5 Å². The van der Waals surface area contributed by atoms with Crippen LogP contribution in [0, 0.1) is 11.6 Å². The molecule has 0 heterocycles. The van der Waals surface area contributed by atoms with Gasteiger partial charge in [-0.3, -0.25) is 0 Å². The van der Waals surface area contributed by atoms with E-state index in [-0.39, 0.29) is 18.2 Å². The Bertz CT molecular complexity index is 965. The Labute approximate surface area is 174 Å². The van der Waals surface area contributed by atoms with E-state index in [0.717, 1.165) is 5.56 Å². The highest BCUT2D eigenvalue weighted by atomic mass is 35.5. The monoisotopic (exact) mass is 417 g/mol. The molecule has 0 amide bonds. The van der Waals surface area contributed by atoms with Gasteiger partial charge in [-0.25, -0.2) is 8.78 Å². The third-order valence-electron chi connectivity index (χ3n) is 4.48. The van der Waals surface area contributed by atoms with Crippen LogP contribution in [-0.4, -0.2) is 13.7 Å². The minimum absolute atomic E-state index is 0.0446. The average Bonchev–Trinajstić information content (AvgIpc) is 2.72. The smallest absolute Gasteiger partial charge is 0.180 e. The van der Waals surface area contributed by atoms with E-state index in [4.69, 9.17) is 21.1 Å². The van der Waals surface area contributed by atoms with Crippen LogP contribution in [0.1, 0.15) is 16.7 Å². The average molecular weight is 418 g/mol. The fourth-order valence-corrected chi connectivity index (χ4v) is 3.23. The molecule has 3 nitrogen and oxygen atoms in total. The van der Waals surface area contributed by atoms with Gasteiger partial charge < -0.3 is 14.8 Å². The molecule has 152 valence electrons. The van der Waals surface area contributed by atoms with Gasteiger partial charge in [0.25, 0.3) is 0 Å². The minimum atomic E-state index is -0.335. The summed E-state index contributed by atoms with van der Waals surface area (Å²) in [7, 11) is 1.52. The number of methoxy groups -OCH3 is 1. The van der Waals surface area contributed by atoms with Crippen molar-refractivity contribution in [2.75, 3.05) is 13.7 Å². The van der Waals surface area contributed by atoms with Crippen molar-refractivity contribution in [1.29, 1.82) is 0 Å². The molecule has 0 aromatic heterocycles. The van der Waals surface area contributed by atoms with Crippen molar-refractivity contribution < 1.29 is 18.3 Å². The second-order valence-corrected chi connectivity index (χ2v) is 6.91. The van der Waals surface area contributed by atoms with Crippen molar-refractivity contribution in [2.45, 2.75) is 19.6 Å². The number of hydrogen-bond acceptors (Lipinski definition) is 3. The molecule has 0 aliphatic heterocycles. The molecule has 3 aromatic rings. The van der Waals surface area contributed by atoms with Gasteiger partial charge in [0.05, 0.1) is 12.1 Å². The van der Waals surface area contributed by atoms with Crippen LogP contribution in [-0.2, 0) is 19.6 Å². The first-order chi connectivity index (χ1) is 14.1. The lowest BCUT2D eigenvalue weighted by molar-refractivity contribution is 0.279. The maximum absolute atomic E-state index is 13.8. The zero-order valence-electron chi connectivity index (χ0n) is 16.1. The molecule has 0 saturated heterocycles. The first-order valence-corrected chi connectivity index (χ1v) is 9.63. The Balaban J connectivity index is 1.60. The summed E-state index contributed by atoms with van der Waals surface area (Å²) < 4.78 is 38.6. The molecule has 0 unspecified atom stereocenters. The summed E-state index contributed by atoms with van der Waals surface area (Å²) in [6.45, 7) is 1.20. The largest absolute Gasteiger partial charge is 0.493 e. The van der Waals surface area contributed by atoms with E-state index < -0.39 is 0 Å². The summed E-state index contributed by atoms with van der Waals surface area (Å²) in [6.07, 6.45) is 0.585. The van der Waals surface area contributed by atoms with E-state index in [1.807, 2.05) is 12.1 Å². The van der Waals surface area contributed by atoms with Gasteiger partial charge in [-0.1, -0.05) is 48.0 Å². The fourth-order valence-electron chi connectivity index (χ4n) is 2.94. The third-order valence-corrected chi connectivity index (χ3v) is 4.76. The second kappa shape index (κ2) is 10.2. The van der Waals surface area contributed by atoms with E-state index in [1.54, 1.807) is 36.4 Å². The maximum atomic E-state index is 13.8. The van der Waals surface area contributed by atoms with Gasteiger partial charge in [0, 0.05) is 12.1 Å². The number of benzene rings is 3. The highest BCUT2D eigenvalue weighted by Crippen LogP contribution is 2.37. The summed E-state index contributed by atoms with van der Waals surface area (Å²) in [5.74, 6) is 0.306. The number of nitrogens with one attached hydrogen (secondary N) is 1. The first-order valence-electron chi connectivity index (χ1n) is 9.25. The highest BCUT2D eigenvalue weighted by Gasteiger charge is 2.13. The van der Waals surface area contributed by atoms with Crippen LogP contribution in [0.15, 0.2) is 60.7 Å². The minimum Gasteiger partial charge on any atom is -0.493 e. The molecule has 0 aliphatic carbocycles. The van der Waals surface area contributed by atoms with Crippen molar-refractivity contribution >= 4 is 11.6 Å². The van der Waals surface area contributed by atoms with E-state index in [1.165, 1.54) is 19.2 Å². The Morgan fingerprint density at radius 3 is 2.24 bits per heavy atom. The van der Waals surface area contributed by atoms with E-state index >= 15 is 0 Å². The zero-order valence-corrected chi connectivity index (χ0v) is 16.8. The molecule has 0 spiro atoms. The number of halogens is 3. The molecule has 1 N–H and O–H groups in total. The third kappa shape index (κ3) is 5.68. The number of hydrogen-bond donors (Lipinski definition) is 1. The van der Waals surface area contributed by atoms with Gasteiger partial charge in [0.2, 0.25) is 0 Å². The molecular weight excluding hydrogens is 396 g/mol. The van der Waals surface area contributed by atoms with Crippen LogP contribution in [0.5, 0.6) is 11.5 Å². The fraction of sp³-hybridized carbons (Fsp3) is 0.217. The highest BCUT2D eigenvalue weighted by molar-refractivity contribution is 6.32. The van der Waals surface area contributed by atoms with Gasteiger partial charge >= 0.3 is 0 Å². The summed E-state index contributed by atoms with van der Waals surface area (Å²) in [5.41, 5.74) is 2.01. The molecule has 29 heavy (non-hydrogen) atoms. The zero-order chi connectivity index (χ0) is 20.6. The molecule has 0 aliphatic rings. The van der Waals surface area contributed by atoms with Crippen LogP contribution in [0.25, 0.3) is 0 Å². The van der Waals surface area contributed by atoms with Crippen LogP contribution in [0.2, 0.25) is 5.02 Å². The summed E-state index contributed by atoms with van der Waals surface area (Å²) in [5, 5.41) is 3.65. The lowest BCUT2D eigenvalue weighted by Gasteiger charge is -2.15. The quantitative estimate of drug-likeness (QED) is 0.464. The van der Waals surface area contributed by atoms with E-state index in [9.17, 15) is 8.78 Å². The molecule has 0 bridgehead atoms. The van der Waals surface area contributed by atoms with Crippen LogP contribution < -0.4 is 14.8 Å². The Morgan fingerprint density at radius 2 is 1.59 bits per heavy atom. The van der Waals surface area contributed by atoms with Crippen LogP contribution in [0.4, 0.5) is 8.78 Å². The summed E-state index contributed by atoms with van der Waals surface area (Å²) >= 11 is 6.37. The molecular formula is C23H22ClF2NO2. The second-order valence-electron chi connectivity index (χ2n) is 6.51. The molecule has 0 atom stereocenters. The lowest BCUT2D eigenvalue weighted by atomic mass is 10.1. The van der Waals surface area contributed by atoms with Gasteiger partial charge in [0.15, 0.2) is 11.5 Å². The SMILES string of the molecule is COc1cc(CNCCc2ccccc2F)cc(Cl)c1OCc1ccccc1F. The van der Waals surface area contributed by atoms with Gasteiger partial charge in [-0.05, 0) is 48.4 Å². The van der Waals surface area contributed by atoms with Crippen molar-refractivity contribution in [3.8, 4) is 11.5 Å². The van der Waals surface area contributed by atoms with E-state index in [2.05, 4.69) is 5.32 Å². The number of ether oxygens (including phenoxy) is 2. The normalized spacial score (nSPS) is 10.8. The molecule has 0 saturated carbocycles. The van der Waals surface area contributed by atoms with Crippen molar-refractivity contribution in [1.82, 2.24) is 5.32 Å². The van der Waals surface area contributed by atoms with Crippen molar-refractivity contribution in [3.05, 3.63) is 94.0 Å². The Kier molecular flexibility index (Phi) is 7.44. The predicted molar refractivity (Wildman–Crippen MR) is 111 cm³/mol. The molecule has 3 rings (SSSR count). The lowest BCUT2D eigenvalue weighted by Crippen LogP contribution is -2.17. The summed E-state index contributed by atoms with van der Waals surface area (Å²) in [4.78, 5) is 0. The molecule has 0 radical (unpaired) electrons. The van der Waals surface area contributed by atoms with Gasteiger partial charge in [-0.2, -0.15) is 0 Å². The molecule has 6 heteroatoms. The maximum Gasteiger partial charge on any atom is 0.180 e. The Morgan fingerprint density at radius 1 is 0.931 bits per heavy atom. The number of rotatable bonds is 9. The molecule has 3 aromatic carbocycles. The molecule has 0 fully saturated rings. The van der Waals surface area contributed by atoms with Gasteiger partial charge in [0.1, 0.15) is 18.2 Å². The van der Waals surface area contributed by atoms with E-state index in [0.29, 0.717) is 47.2 Å². The van der Waals surface area contributed by atoms with Crippen LogP contribution >= 0.6 is 11.6 Å². The first kappa shape index (κ1) is 21.1. The Hall–Kier alpha value is -2.63. The predicted octanol–water partition coefficient (Wildman–Crippen LogP) is 5.54. The van der Waals surface area contributed by atoms with Crippen molar-refractivity contribution in [3.63, 3.8) is 0 Å². The summed E-state index contributed by atoms with van der Waals surface area (Å²) in [6, 6.07) is 16.7. The van der Waals surface area contributed by atoms with Crippen LogP contribution in [0.3, 0.4) is 0 Å². The standard InChI is InChI=1S/C23H22ClF2NO2/c1-28-22-13-16(14-27-11-10-17-6-2-4-8-20(17)25)12-19(24)23(22)29-15-18-7-3-5-9-21(18)26/h2-9,12-13,27H,10-11,14-15H2,1H3. The van der Waals surface area contributed by atoms with Crippen molar-refractivity contribution in [2.24, 2.45) is 0 Å².